The topological polar surface area (TPSA) is 192 Å². The Balaban J connectivity index is 1.11. The number of nitrogens with zero attached hydrogens (tertiary/aromatic N) is 4. The lowest BCUT2D eigenvalue weighted by Crippen LogP contribution is -2.58. The molecule has 3 N–H and O–H groups in total. The Morgan fingerprint density at radius 2 is 1.26 bits per heavy atom. The molecule has 4 amide bonds. The summed E-state index contributed by atoms with van der Waals surface area (Å²) in [6.07, 6.45) is 4.67. The van der Waals surface area contributed by atoms with Gasteiger partial charge in [0, 0.05) is 30.2 Å². The average molecular weight is 1190 g/mol. The highest BCUT2D eigenvalue weighted by Crippen LogP contribution is 2.47. The van der Waals surface area contributed by atoms with Crippen LogP contribution in [0.1, 0.15) is 86.1 Å². The van der Waals surface area contributed by atoms with Crippen molar-refractivity contribution >= 4 is 125 Å². The molecule has 4 aliphatic rings. The van der Waals surface area contributed by atoms with Gasteiger partial charge in [0.05, 0.1) is 62.0 Å². The molecule has 0 unspecified atom stereocenters. The number of carbonyl (C=O) groups excluding carboxylic acids is 4. The first kappa shape index (κ1) is 58.9. The van der Waals surface area contributed by atoms with E-state index in [1.165, 1.54) is 42.2 Å². The molecule has 4 heterocycles. The molecule has 76 heavy (non-hydrogen) atoms. The van der Waals surface area contributed by atoms with E-state index in [0.29, 0.717) is 36.9 Å². The molecule has 0 saturated carbocycles. The summed E-state index contributed by atoms with van der Waals surface area (Å²) < 4.78 is 38.2. The summed E-state index contributed by atoms with van der Waals surface area (Å²) >= 11 is 36.0. The number of alkyl halides is 6. The Kier molecular flexibility index (Phi) is 18.4. The Morgan fingerprint density at radius 1 is 0.737 bits per heavy atom. The summed E-state index contributed by atoms with van der Waals surface area (Å²) in [4.78, 5) is 62.6. The number of unbranched alkanes of at least 4 members (excludes halogenated alkanes) is 2. The first-order valence-electron chi connectivity index (χ1n) is 24.3. The highest BCUT2D eigenvalue weighted by atomic mass is 35.6. The maximum atomic E-state index is 14.7. The van der Waals surface area contributed by atoms with Crippen LogP contribution in [0.5, 0.6) is 23.0 Å². The van der Waals surface area contributed by atoms with Crippen molar-refractivity contribution in [3.63, 3.8) is 0 Å². The second kappa shape index (κ2) is 23.7. The summed E-state index contributed by atoms with van der Waals surface area (Å²) in [6.45, 7) is 11.3. The number of halogens is 6. The van der Waals surface area contributed by atoms with Gasteiger partial charge in [0.2, 0.25) is 7.59 Å². The lowest BCUT2D eigenvalue weighted by Gasteiger charge is -2.44. The Bertz CT molecular complexity index is 2800. The van der Waals surface area contributed by atoms with Crippen LogP contribution in [0.2, 0.25) is 18.1 Å². The van der Waals surface area contributed by atoms with Crippen molar-refractivity contribution < 1.29 is 57.1 Å². The van der Waals surface area contributed by atoms with Crippen LogP contribution in [0.4, 0.5) is 26.7 Å². The summed E-state index contributed by atoms with van der Waals surface area (Å²) in [5.74, 6) is -0.0933. The lowest BCUT2D eigenvalue weighted by molar-refractivity contribution is 0.0553. The van der Waals surface area contributed by atoms with Gasteiger partial charge in [-0.2, -0.15) is 0 Å². The Labute approximate surface area is 473 Å². The minimum atomic E-state index is -2.69. The third-order valence-corrected chi connectivity index (χ3v) is 18.8. The van der Waals surface area contributed by atoms with Gasteiger partial charge in [0.15, 0.2) is 43.8 Å². The third-order valence-electron chi connectivity index (χ3n) is 13.7. The summed E-state index contributed by atoms with van der Waals surface area (Å²) in [5, 5.41) is 11.7. The average Bonchev–Trinajstić information content (AvgIpc) is 3.96. The van der Waals surface area contributed by atoms with Gasteiger partial charge in [-0.3, -0.25) is 9.59 Å². The van der Waals surface area contributed by atoms with Gasteiger partial charge in [-0.1, -0.05) is 115 Å². The van der Waals surface area contributed by atoms with E-state index in [9.17, 15) is 24.3 Å². The van der Waals surface area contributed by atoms with E-state index >= 15 is 0 Å². The number of ether oxygens (including phenoxy) is 6. The molecule has 3 aromatic carbocycles. The number of fused-ring (bicyclic) bond motifs is 4. The van der Waals surface area contributed by atoms with Crippen molar-refractivity contribution in [2.24, 2.45) is 0 Å². The van der Waals surface area contributed by atoms with Crippen LogP contribution in [0.15, 0.2) is 78.7 Å². The van der Waals surface area contributed by atoms with Crippen molar-refractivity contribution in [3.8, 4) is 23.0 Å². The molecule has 3 aromatic rings. The van der Waals surface area contributed by atoms with E-state index < -0.39 is 77.7 Å². The molecular weight excluding hydrogens is 1130 g/mol. The Hall–Kier alpha value is -4.76. The van der Waals surface area contributed by atoms with Crippen LogP contribution >= 0.6 is 69.6 Å². The number of allylic oxidation sites excluding steroid dienone is 2. The standard InChI is InChI=1S/C52H61Cl6N5O12Si/c1-9-14-30-19-39-47(75-76(7,8)50(2,3)4)63(49(68)74-29-52(56,57)58)37-25-43(41(70-6)23-35(37)44(64)60(39)26-30)72-18-12-10-11-17-71-42-24-36-34(22-40(42)69-5)45(65)61-27-32(31-15-13-16-33(59)20-31)21-38(61)46(66)62(36)48(67)73-28-51(53,54)55/h9,13-16,20,22-27,38-39,46-47,66H,10-12,17-19,21,28-29,59H2,1-8H3/b14-9+/t38-,39-,46-,47-/m0/s1. The van der Waals surface area contributed by atoms with Crippen molar-refractivity contribution in [2.75, 3.05) is 56.2 Å². The van der Waals surface area contributed by atoms with E-state index in [1.807, 2.05) is 25.1 Å². The number of hydrogen-bond donors (Lipinski definition) is 2. The van der Waals surface area contributed by atoms with Gasteiger partial charge >= 0.3 is 12.2 Å². The van der Waals surface area contributed by atoms with Crippen molar-refractivity contribution in [2.45, 2.75) is 110 Å². The molecule has 0 aliphatic carbocycles. The normalized spacial score (nSPS) is 19.8. The monoisotopic (exact) mass is 1190 g/mol. The molecule has 0 spiro atoms. The number of methoxy groups -OCH3 is 2. The van der Waals surface area contributed by atoms with E-state index in [2.05, 4.69) is 33.9 Å². The molecule has 0 bridgehead atoms. The van der Waals surface area contributed by atoms with Crippen LogP contribution in [0.3, 0.4) is 0 Å². The molecule has 0 radical (unpaired) electrons. The minimum absolute atomic E-state index is 0.00797. The van der Waals surface area contributed by atoms with E-state index in [4.69, 9.17) is 108 Å². The molecule has 0 aromatic heterocycles. The molecule has 0 saturated heterocycles. The van der Waals surface area contributed by atoms with Gasteiger partial charge in [-0.05, 0) is 98.1 Å². The number of nitrogens with two attached hydrogens (primary N) is 1. The van der Waals surface area contributed by atoms with Gasteiger partial charge in [-0.15, -0.1) is 0 Å². The summed E-state index contributed by atoms with van der Waals surface area (Å²) in [7, 11) is 0.166. The SMILES string of the molecule is C/C=C/C1=CN2C(=O)c3cc(OC)c(OCCCCCOc4cc5c(cc4OC)C(=O)N4C=C(c6cccc(N)c6)C[C@H]4[C@H](O)N5C(=O)OCC(Cl)(Cl)Cl)cc3N(C(=O)OCC(Cl)(Cl)Cl)[C@@H](O[Si](C)(C)C(C)(C)C)[C@@H]2C1. The molecular formula is C52H61Cl6N5O12Si. The fraction of sp³-hybridized carbons (Fsp3) is 0.462. The zero-order valence-corrected chi connectivity index (χ0v) is 48.7. The number of aliphatic hydroxyl groups is 1. The maximum absolute atomic E-state index is 14.7. The zero-order chi connectivity index (χ0) is 55.7. The number of rotatable bonds is 16. The predicted octanol–water partition coefficient (Wildman–Crippen LogP) is 12.2. The van der Waals surface area contributed by atoms with Crippen LogP contribution in [0, 0.1) is 0 Å². The summed E-state index contributed by atoms with van der Waals surface area (Å²) in [6, 6.07) is 11.5. The molecule has 17 nitrogen and oxygen atoms in total. The maximum Gasteiger partial charge on any atom is 0.416 e. The van der Waals surface area contributed by atoms with Crippen molar-refractivity contribution in [1.82, 2.24) is 9.80 Å². The number of nitrogen functional groups attached to an aromatic ring is 1. The zero-order valence-electron chi connectivity index (χ0n) is 43.2. The number of hydrogen-bond acceptors (Lipinski definition) is 13. The van der Waals surface area contributed by atoms with Crippen molar-refractivity contribution in [3.05, 3.63) is 95.3 Å². The number of carbonyl (C=O) groups is 4. The lowest BCUT2D eigenvalue weighted by atomic mass is 10.0. The third kappa shape index (κ3) is 13.2. The number of benzene rings is 3. The number of aliphatic hydroxyl groups excluding tert-OH is 1. The molecule has 4 aliphatic heterocycles. The number of anilines is 3. The second-order valence-electron chi connectivity index (χ2n) is 20.0. The first-order chi connectivity index (χ1) is 35.7. The minimum Gasteiger partial charge on any atom is -0.493 e. The smallest absolute Gasteiger partial charge is 0.416 e. The first-order valence-corrected chi connectivity index (χ1v) is 29.5. The van der Waals surface area contributed by atoms with Crippen LogP contribution in [-0.4, -0.2) is 120 Å². The van der Waals surface area contributed by atoms with Crippen LogP contribution in [-0.2, 0) is 13.9 Å². The fourth-order valence-corrected chi connectivity index (χ4v) is 10.5. The van der Waals surface area contributed by atoms with Crippen LogP contribution in [0.25, 0.3) is 5.57 Å². The molecule has 7 rings (SSSR count). The van der Waals surface area contributed by atoms with E-state index in [-0.39, 0.29) is 70.2 Å². The van der Waals surface area contributed by atoms with Gasteiger partial charge in [0.1, 0.15) is 13.2 Å². The van der Waals surface area contributed by atoms with E-state index in [0.717, 1.165) is 16.0 Å². The molecule has 0 fully saturated rings. The molecule has 4 atom stereocenters. The largest absolute Gasteiger partial charge is 0.493 e. The Morgan fingerprint density at radius 3 is 1.76 bits per heavy atom. The predicted molar refractivity (Wildman–Crippen MR) is 298 cm³/mol. The summed E-state index contributed by atoms with van der Waals surface area (Å²) in [5.41, 5.74) is 9.14. The molecule has 24 heteroatoms. The highest BCUT2D eigenvalue weighted by molar-refractivity contribution is 6.74. The number of amides is 4. The van der Waals surface area contributed by atoms with Gasteiger partial charge < -0.3 is 53.5 Å². The van der Waals surface area contributed by atoms with Gasteiger partial charge in [0.25, 0.3) is 11.8 Å². The van der Waals surface area contributed by atoms with Crippen molar-refractivity contribution in [1.29, 1.82) is 0 Å². The fourth-order valence-electron chi connectivity index (χ4n) is 8.94. The van der Waals surface area contributed by atoms with E-state index in [1.54, 1.807) is 41.6 Å². The van der Waals surface area contributed by atoms with Crippen LogP contribution < -0.4 is 34.5 Å². The highest BCUT2D eigenvalue weighted by Gasteiger charge is 2.51. The van der Waals surface area contributed by atoms with Gasteiger partial charge in [-0.25, -0.2) is 19.4 Å². The quantitative estimate of drug-likeness (QED) is 0.0596. The molecule has 412 valence electrons. The second-order valence-corrected chi connectivity index (χ2v) is 29.8.